The molecule has 1 aliphatic rings. The molecule has 1 fully saturated rings. The SMILES string of the molecule is Cc1nc(CN2CCOCC2CO)no1. The van der Waals surface area contributed by atoms with Crippen LogP contribution in [0, 0.1) is 6.92 Å². The Balaban J connectivity index is 1.97. The highest BCUT2D eigenvalue weighted by Gasteiger charge is 2.23. The van der Waals surface area contributed by atoms with E-state index < -0.39 is 0 Å². The zero-order chi connectivity index (χ0) is 10.7. The lowest BCUT2D eigenvalue weighted by Crippen LogP contribution is -2.47. The summed E-state index contributed by atoms with van der Waals surface area (Å²) >= 11 is 0. The smallest absolute Gasteiger partial charge is 0.223 e. The molecule has 2 rings (SSSR count). The van der Waals surface area contributed by atoms with E-state index >= 15 is 0 Å². The van der Waals surface area contributed by atoms with Crippen molar-refractivity contribution in [1.82, 2.24) is 15.0 Å². The summed E-state index contributed by atoms with van der Waals surface area (Å²) < 4.78 is 10.2. The standard InChI is InChI=1S/C9H15N3O3/c1-7-10-9(11-15-7)4-12-2-3-14-6-8(12)5-13/h8,13H,2-6H2,1H3. The van der Waals surface area contributed by atoms with Gasteiger partial charge < -0.3 is 14.4 Å². The summed E-state index contributed by atoms with van der Waals surface area (Å²) in [6, 6.07) is 0.0394. The highest BCUT2D eigenvalue weighted by molar-refractivity contribution is 4.86. The van der Waals surface area contributed by atoms with E-state index in [4.69, 9.17) is 14.4 Å². The second-order valence-corrected chi connectivity index (χ2v) is 3.61. The molecule has 15 heavy (non-hydrogen) atoms. The van der Waals surface area contributed by atoms with Gasteiger partial charge >= 0.3 is 0 Å². The van der Waals surface area contributed by atoms with Crippen LogP contribution in [0.2, 0.25) is 0 Å². The van der Waals surface area contributed by atoms with E-state index in [-0.39, 0.29) is 12.6 Å². The fourth-order valence-corrected chi connectivity index (χ4v) is 1.65. The maximum absolute atomic E-state index is 9.16. The Morgan fingerprint density at radius 1 is 1.60 bits per heavy atom. The Hall–Kier alpha value is -0.980. The first-order valence-electron chi connectivity index (χ1n) is 5.01. The summed E-state index contributed by atoms with van der Waals surface area (Å²) in [6.45, 7) is 4.50. The number of aromatic nitrogens is 2. The van der Waals surface area contributed by atoms with Crippen LogP contribution >= 0.6 is 0 Å². The molecule has 0 saturated carbocycles. The number of hydrogen-bond donors (Lipinski definition) is 1. The van der Waals surface area contributed by atoms with Crippen molar-refractivity contribution in [1.29, 1.82) is 0 Å². The van der Waals surface area contributed by atoms with Gasteiger partial charge in [0.25, 0.3) is 0 Å². The Bertz CT molecular complexity index is 315. The van der Waals surface area contributed by atoms with Gasteiger partial charge in [-0.15, -0.1) is 0 Å². The van der Waals surface area contributed by atoms with Crippen molar-refractivity contribution in [2.24, 2.45) is 0 Å². The third-order valence-electron chi connectivity index (χ3n) is 2.47. The molecule has 0 bridgehead atoms. The minimum atomic E-state index is 0.0394. The van der Waals surface area contributed by atoms with Crippen molar-refractivity contribution >= 4 is 0 Å². The fourth-order valence-electron chi connectivity index (χ4n) is 1.65. The molecule has 1 atom stereocenters. The fraction of sp³-hybridized carbons (Fsp3) is 0.778. The first-order chi connectivity index (χ1) is 7.29. The molecule has 1 N–H and O–H groups in total. The van der Waals surface area contributed by atoms with Crippen LogP contribution < -0.4 is 0 Å². The molecule has 6 nitrogen and oxygen atoms in total. The molecule has 1 aromatic rings. The number of aryl methyl sites for hydroxylation is 1. The van der Waals surface area contributed by atoms with E-state index in [9.17, 15) is 0 Å². The summed E-state index contributed by atoms with van der Waals surface area (Å²) in [5, 5.41) is 13.0. The third kappa shape index (κ3) is 2.53. The van der Waals surface area contributed by atoms with Gasteiger partial charge in [0.1, 0.15) is 0 Å². The zero-order valence-electron chi connectivity index (χ0n) is 8.72. The van der Waals surface area contributed by atoms with Crippen molar-refractivity contribution in [3.63, 3.8) is 0 Å². The Morgan fingerprint density at radius 2 is 2.47 bits per heavy atom. The predicted octanol–water partition coefficient (Wildman–Crippen LogP) is -0.429. The molecule has 2 heterocycles. The second-order valence-electron chi connectivity index (χ2n) is 3.61. The number of nitrogens with zero attached hydrogens (tertiary/aromatic N) is 3. The van der Waals surface area contributed by atoms with Gasteiger partial charge in [0, 0.05) is 13.5 Å². The molecule has 0 amide bonds. The van der Waals surface area contributed by atoms with Crippen molar-refractivity contribution in [2.45, 2.75) is 19.5 Å². The molecule has 1 unspecified atom stereocenters. The van der Waals surface area contributed by atoms with Crippen LogP contribution in [-0.4, -0.2) is 52.6 Å². The summed E-state index contributed by atoms with van der Waals surface area (Å²) in [5.41, 5.74) is 0. The van der Waals surface area contributed by atoms with Crippen LogP contribution in [0.15, 0.2) is 4.52 Å². The van der Waals surface area contributed by atoms with E-state index in [0.717, 1.165) is 6.54 Å². The lowest BCUT2D eigenvalue weighted by atomic mass is 10.2. The molecule has 84 valence electrons. The normalized spacial score (nSPS) is 23.2. The van der Waals surface area contributed by atoms with Gasteiger partial charge in [0.15, 0.2) is 5.82 Å². The van der Waals surface area contributed by atoms with Crippen LogP contribution in [0.25, 0.3) is 0 Å². The molecular weight excluding hydrogens is 198 g/mol. The van der Waals surface area contributed by atoms with Gasteiger partial charge in [0.05, 0.1) is 32.4 Å². The molecule has 0 radical (unpaired) electrons. The number of hydrogen-bond acceptors (Lipinski definition) is 6. The Morgan fingerprint density at radius 3 is 3.13 bits per heavy atom. The molecule has 6 heteroatoms. The van der Waals surface area contributed by atoms with Crippen LogP contribution in [0.5, 0.6) is 0 Å². The molecule has 0 aliphatic carbocycles. The minimum absolute atomic E-state index is 0.0394. The molecule has 0 aromatic carbocycles. The van der Waals surface area contributed by atoms with Crippen molar-refractivity contribution in [3.05, 3.63) is 11.7 Å². The first-order valence-corrected chi connectivity index (χ1v) is 5.01. The average molecular weight is 213 g/mol. The maximum atomic E-state index is 9.16. The number of morpholine rings is 1. The largest absolute Gasteiger partial charge is 0.395 e. The Kier molecular flexibility index (Phi) is 3.30. The monoisotopic (exact) mass is 213 g/mol. The molecule has 0 spiro atoms. The number of aliphatic hydroxyl groups excluding tert-OH is 1. The summed E-state index contributed by atoms with van der Waals surface area (Å²) in [6.07, 6.45) is 0. The van der Waals surface area contributed by atoms with E-state index in [1.54, 1.807) is 6.92 Å². The minimum Gasteiger partial charge on any atom is -0.395 e. The predicted molar refractivity (Wildman–Crippen MR) is 51.1 cm³/mol. The molecule has 1 aliphatic heterocycles. The van der Waals surface area contributed by atoms with Crippen molar-refractivity contribution < 1.29 is 14.4 Å². The molecule has 1 aromatic heterocycles. The summed E-state index contributed by atoms with van der Waals surface area (Å²) in [5.74, 6) is 1.23. The van der Waals surface area contributed by atoms with Gasteiger partial charge in [-0.05, 0) is 0 Å². The van der Waals surface area contributed by atoms with E-state index in [1.807, 2.05) is 0 Å². The Labute approximate surface area is 87.8 Å². The summed E-state index contributed by atoms with van der Waals surface area (Å²) in [4.78, 5) is 6.24. The van der Waals surface area contributed by atoms with Crippen LogP contribution in [0.1, 0.15) is 11.7 Å². The average Bonchev–Trinajstić information content (AvgIpc) is 2.65. The van der Waals surface area contributed by atoms with Crippen LogP contribution in [0.3, 0.4) is 0 Å². The molecule has 1 saturated heterocycles. The highest BCUT2D eigenvalue weighted by atomic mass is 16.5. The van der Waals surface area contributed by atoms with Crippen LogP contribution in [-0.2, 0) is 11.3 Å². The summed E-state index contributed by atoms with van der Waals surface area (Å²) in [7, 11) is 0. The topological polar surface area (TPSA) is 71.6 Å². The van der Waals surface area contributed by atoms with Gasteiger partial charge in [-0.3, -0.25) is 4.90 Å². The lowest BCUT2D eigenvalue weighted by molar-refractivity contribution is -0.0324. The van der Waals surface area contributed by atoms with Gasteiger partial charge in [-0.2, -0.15) is 4.98 Å². The third-order valence-corrected chi connectivity index (χ3v) is 2.47. The van der Waals surface area contributed by atoms with Gasteiger partial charge in [0.2, 0.25) is 5.89 Å². The number of rotatable bonds is 3. The number of aliphatic hydroxyl groups is 1. The zero-order valence-corrected chi connectivity index (χ0v) is 8.72. The highest BCUT2D eigenvalue weighted by Crippen LogP contribution is 2.10. The van der Waals surface area contributed by atoms with E-state index in [2.05, 4.69) is 15.0 Å². The van der Waals surface area contributed by atoms with E-state index in [1.165, 1.54) is 0 Å². The second kappa shape index (κ2) is 4.69. The van der Waals surface area contributed by atoms with Crippen molar-refractivity contribution in [2.75, 3.05) is 26.4 Å². The van der Waals surface area contributed by atoms with Crippen LogP contribution in [0.4, 0.5) is 0 Å². The van der Waals surface area contributed by atoms with Gasteiger partial charge in [-0.1, -0.05) is 5.16 Å². The van der Waals surface area contributed by atoms with E-state index in [0.29, 0.717) is 31.5 Å². The van der Waals surface area contributed by atoms with Crippen molar-refractivity contribution in [3.8, 4) is 0 Å². The lowest BCUT2D eigenvalue weighted by Gasteiger charge is -2.33. The molecular formula is C9H15N3O3. The first kappa shape index (κ1) is 10.5. The maximum Gasteiger partial charge on any atom is 0.223 e. The number of ether oxygens (including phenoxy) is 1. The quantitative estimate of drug-likeness (QED) is 0.734. The van der Waals surface area contributed by atoms with Gasteiger partial charge in [-0.25, -0.2) is 0 Å².